The summed E-state index contributed by atoms with van der Waals surface area (Å²) in [6, 6.07) is 4.68. The molecule has 0 saturated carbocycles. The van der Waals surface area contributed by atoms with E-state index in [1.807, 2.05) is 0 Å². The van der Waals surface area contributed by atoms with Crippen LogP contribution in [-0.2, 0) is 10.0 Å². The van der Waals surface area contributed by atoms with E-state index in [4.69, 9.17) is 10.8 Å². The summed E-state index contributed by atoms with van der Waals surface area (Å²) in [6.07, 6.45) is 0.410. The Morgan fingerprint density at radius 3 is 2.67 bits per heavy atom. The fourth-order valence-corrected chi connectivity index (χ4v) is 4.00. The third kappa shape index (κ3) is 3.44. The summed E-state index contributed by atoms with van der Waals surface area (Å²) in [4.78, 5) is 0.155. The standard InChI is InChI=1S/C11H17BrN2O3S/c1-2-14(6-3-7-15)18(16,17)11-8-9(13)4-5-10(11)12/h4-5,8,15H,2-3,6-7,13H2,1H3. The van der Waals surface area contributed by atoms with Crippen molar-refractivity contribution in [3.05, 3.63) is 22.7 Å². The lowest BCUT2D eigenvalue weighted by atomic mass is 10.3. The summed E-state index contributed by atoms with van der Waals surface area (Å²) in [5.41, 5.74) is 6.02. The highest BCUT2D eigenvalue weighted by Crippen LogP contribution is 2.27. The first-order valence-electron chi connectivity index (χ1n) is 5.59. The minimum atomic E-state index is -3.58. The maximum absolute atomic E-state index is 12.4. The summed E-state index contributed by atoms with van der Waals surface area (Å²) in [6.45, 7) is 2.36. The number of nitrogens with zero attached hydrogens (tertiary/aromatic N) is 1. The maximum atomic E-state index is 12.4. The number of aliphatic hydroxyl groups excluding tert-OH is 1. The van der Waals surface area contributed by atoms with Gasteiger partial charge in [-0.25, -0.2) is 8.42 Å². The minimum Gasteiger partial charge on any atom is -0.399 e. The zero-order valence-electron chi connectivity index (χ0n) is 10.1. The zero-order chi connectivity index (χ0) is 13.8. The van der Waals surface area contributed by atoms with Gasteiger partial charge in [-0.05, 0) is 40.5 Å². The van der Waals surface area contributed by atoms with Gasteiger partial charge in [0, 0.05) is 29.9 Å². The summed E-state index contributed by atoms with van der Waals surface area (Å²) in [5.74, 6) is 0. The van der Waals surface area contributed by atoms with E-state index in [0.717, 1.165) is 0 Å². The first kappa shape index (κ1) is 15.4. The van der Waals surface area contributed by atoms with Crippen molar-refractivity contribution in [3.8, 4) is 0 Å². The molecule has 0 amide bonds. The molecule has 0 fully saturated rings. The van der Waals surface area contributed by atoms with Crippen LogP contribution in [0.3, 0.4) is 0 Å². The van der Waals surface area contributed by atoms with Crippen LogP contribution < -0.4 is 5.73 Å². The van der Waals surface area contributed by atoms with Crippen LogP contribution in [0, 0.1) is 0 Å². The summed E-state index contributed by atoms with van der Waals surface area (Å²) >= 11 is 3.22. The number of sulfonamides is 1. The van der Waals surface area contributed by atoms with Crippen molar-refractivity contribution in [1.82, 2.24) is 4.31 Å². The van der Waals surface area contributed by atoms with Gasteiger partial charge in [0.25, 0.3) is 0 Å². The Hall–Kier alpha value is -0.630. The lowest BCUT2D eigenvalue weighted by molar-refractivity contribution is 0.271. The van der Waals surface area contributed by atoms with E-state index >= 15 is 0 Å². The van der Waals surface area contributed by atoms with Gasteiger partial charge in [0.15, 0.2) is 0 Å². The highest BCUT2D eigenvalue weighted by atomic mass is 79.9. The van der Waals surface area contributed by atoms with Gasteiger partial charge in [0.05, 0.1) is 4.90 Å². The van der Waals surface area contributed by atoms with E-state index in [2.05, 4.69) is 15.9 Å². The highest BCUT2D eigenvalue weighted by Gasteiger charge is 2.25. The lowest BCUT2D eigenvalue weighted by Gasteiger charge is -2.21. The smallest absolute Gasteiger partial charge is 0.244 e. The van der Waals surface area contributed by atoms with Crippen LogP contribution in [0.4, 0.5) is 5.69 Å². The van der Waals surface area contributed by atoms with Gasteiger partial charge in [-0.2, -0.15) is 4.31 Å². The third-order valence-corrected chi connectivity index (χ3v) is 5.46. The Kier molecular flexibility index (Phi) is 5.58. The molecule has 0 aliphatic heterocycles. The largest absolute Gasteiger partial charge is 0.399 e. The van der Waals surface area contributed by atoms with Crippen molar-refractivity contribution in [2.75, 3.05) is 25.4 Å². The van der Waals surface area contributed by atoms with Gasteiger partial charge < -0.3 is 10.8 Å². The Bertz CT molecular complexity index is 505. The van der Waals surface area contributed by atoms with Crippen molar-refractivity contribution >= 4 is 31.6 Å². The Morgan fingerprint density at radius 1 is 1.44 bits per heavy atom. The van der Waals surface area contributed by atoms with E-state index in [-0.39, 0.29) is 18.0 Å². The summed E-state index contributed by atoms with van der Waals surface area (Å²) < 4.78 is 26.6. The number of benzene rings is 1. The predicted molar refractivity (Wildman–Crippen MR) is 74.7 cm³/mol. The Balaban J connectivity index is 3.14. The molecule has 0 aromatic heterocycles. The summed E-state index contributed by atoms with van der Waals surface area (Å²) in [7, 11) is -3.58. The van der Waals surface area contributed by atoms with Crippen molar-refractivity contribution in [2.45, 2.75) is 18.2 Å². The van der Waals surface area contributed by atoms with E-state index in [1.165, 1.54) is 10.4 Å². The molecular weight excluding hydrogens is 320 g/mol. The van der Waals surface area contributed by atoms with Crippen LogP contribution in [0.25, 0.3) is 0 Å². The summed E-state index contributed by atoms with van der Waals surface area (Å²) in [5, 5.41) is 8.79. The molecule has 0 atom stereocenters. The number of nitrogen functional groups attached to an aromatic ring is 1. The monoisotopic (exact) mass is 336 g/mol. The van der Waals surface area contributed by atoms with Crippen molar-refractivity contribution in [2.24, 2.45) is 0 Å². The molecule has 1 rings (SSSR count). The maximum Gasteiger partial charge on any atom is 0.244 e. The molecule has 7 heteroatoms. The van der Waals surface area contributed by atoms with Crippen LogP contribution in [0.2, 0.25) is 0 Å². The molecule has 18 heavy (non-hydrogen) atoms. The highest BCUT2D eigenvalue weighted by molar-refractivity contribution is 9.10. The molecule has 0 radical (unpaired) electrons. The molecular formula is C11H17BrN2O3S. The fraction of sp³-hybridized carbons (Fsp3) is 0.455. The molecule has 0 unspecified atom stereocenters. The van der Waals surface area contributed by atoms with Gasteiger partial charge in [0.2, 0.25) is 10.0 Å². The van der Waals surface area contributed by atoms with Crippen LogP contribution >= 0.6 is 15.9 Å². The topological polar surface area (TPSA) is 83.6 Å². The number of nitrogens with two attached hydrogens (primary N) is 1. The van der Waals surface area contributed by atoms with E-state index in [1.54, 1.807) is 19.1 Å². The molecule has 0 bridgehead atoms. The van der Waals surface area contributed by atoms with Gasteiger partial charge in [-0.15, -0.1) is 0 Å². The SMILES string of the molecule is CCN(CCCO)S(=O)(=O)c1cc(N)ccc1Br. The number of hydrogen-bond donors (Lipinski definition) is 2. The fourth-order valence-electron chi connectivity index (χ4n) is 1.55. The molecule has 0 aliphatic carbocycles. The first-order valence-corrected chi connectivity index (χ1v) is 7.82. The molecule has 1 aromatic rings. The van der Waals surface area contributed by atoms with Gasteiger partial charge in [-0.1, -0.05) is 6.92 Å². The van der Waals surface area contributed by atoms with Gasteiger partial charge in [0.1, 0.15) is 0 Å². The quantitative estimate of drug-likeness (QED) is 0.769. The van der Waals surface area contributed by atoms with Crippen molar-refractivity contribution in [1.29, 1.82) is 0 Å². The van der Waals surface area contributed by atoms with Crippen molar-refractivity contribution < 1.29 is 13.5 Å². The molecule has 0 heterocycles. The number of aliphatic hydroxyl groups is 1. The number of halogens is 1. The average molecular weight is 337 g/mol. The second-order valence-corrected chi connectivity index (χ2v) is 6.52. The Morgan fingerprint density at radius 2 is 2.11 bits per heavy atom. The normalized spacial score (nSPS) is 12.0. The molecule has 0 aliphatic rings. The van der Waals surface area contributed by atoms with Crippen LogP contribution in [0.15, 0.2) is 27.6 Å². The van der Waals surface area contributed by atoms with Crippen LogP contribution in [0.1, 0.15) is 13.3 Å². The third-order valence-electron chi connectivity index (χ3n) is 2.49. The number of hydrogen-bond acceptors (Lipinski definition) is 4. The molecule has 0 saturated heterocycles. The zero-order valence-corrected chi connectivity index (χ0v) is 12.5. The second-order valence-electron chi connectivity index (χ2n) is 3.76. The average Bonchev–Trinajstić information content (AvgIpc) is 2.33. The van der Waals surface area contributed by atoms with Gasteiger partial charge >= 0.3 is 0 Å². The van der Waals surface area contributed by atoms with Gasteiger partial charge in [-0.3, -0.25) is 0 Å². The van der Waals surface area contributed by atoms with E-state index < -0.39 is 10.0 Å². The Labute approximate surface area is 116 Å². The molecule has 102 valence electrons. The minimum absolute atomic E-state index is 0.0376. The molecule has 0 spiro atoms. The van der Waals surface area contributed by atoms with Crippen LogP contribution in [0.5, 0.6) is 0 Å². The number of anilines is 1. The van der Waals surface area contributed by atoms with E-state index in [9.17, 15) is 8.42 Å². The molecule has 1 aromatic carbocycles. The molecule has 5 nitrogen and oxygen atoms in total. The first-order chi connectivity index (χ1) is 8.43. The second kappa shape index (κ2) is 6.51. The molecule has 3 N–H and O–H groups in total. The number of rotatable bonds is 6. The predicted octanol–water partition coefficient (Wildman–Crippen LogP) is 1.42. The van der Waals surface area contributed by atoms with E-state index in [0.29, 0.717) is 23.1 Å². The van der Waals surface area contributed by atoms with Crippen LogP contribution in [-0.4, -0.2) is 37.5 Å². The van der Waals surface area contributed by atoms with Crippen molar-refractivity contribution in [3.63, 3.8) is 0 Å². The lowest BCUT2D eigenvalue weighted by Crippen LogP contribution is -2.32.